The van der Waals surface area contributed by atoms with Gasteiger partial charge >= 0.3 is 0 Å². The normalized spacial score (nSPS) is 15.4. The first-order valence-corrected chi connectivity index (χ1v) is 9.51. The lowest BCUT2D eigenvalue weighted by atomic mass is 9.93. The summed E-state index contributed by atoms with van der Waals surface area (Å²) in [6, 6.07) is 13.8. The zero-order chi connectivity index (χ0) is 19.4. The van der Waals surface area contributed by atoms with E-state index in [1.807, 2.05) is 36.4 Å². The molecule has 0 saturated heterocycles. The third-order valence-corrected chi connectivity index (χ3v) is 5.11. The Labute approximate surface area is 160 Å². The Morgan fingerprint density at radius 3 is 2.30 bits per heavy atom. The zero-order valence-corrected chi connectivity index (χ0v) is 16.2. The molecule has 4 nitrogen and oxygen atoms in total. The standard InChI is InChI=1S/C23H26N2O2/c1-4-17-10-8-11-18(5-2)23(17)24-22(27)15-21-20-12-7-6-9-19(20)13-14-25(21)16(3)26/h6-14,21H,4-5,15H2,1-3H3,(H,24,27). The Hall–Kier alpha value is -2.88. The Kier molecular flexibility index (Phi) is 5.75. The molecule has 0 spiro atoms. The van der Waals surface area contributed by atoms with Crippen molar-refractivity contribution >= 4 is 23.6 Å². The minimum atomic E-state index is -0.289. The van der Waals surface area contributed by atoms with E-state index in [0.29, 0.717) is 0 Å². The van der Waals surface area contributed by atoms with E-state index in [9.17, 15) is 9.59 Å². The smallest absolute Gasteiger partial charge is 0.226 e. The van der Waals surface area contributed by atoms with E-state index >= 15 is 0 Å². The maximum Gasteiger partial charge on any atom is 0.226 e. The first-order valence-electron chi connectivity index (χ1n) is 9.51. The van der Waals surface area contributed by atoms with Gasteiger partial charge in [0.05, 0.1) is 12.5 Å². The van der Waals surface area contributed by atoms with Crippen LogP contribution in [0.1, 0.15) is 55.5 Å². The zero-order valence-electron chi connectivity index (χ0n) is 16.2. The molecule has 1 N–H and O–H groups in total. The molecule has 0 bridgehead atoms. The quantitative estimate of drug-likeness (QED) is 0.837. The van der Waals surface area contributed by atoms with Gasteiger partial charge in [0.1, 0.15) is 0 Å². The Morgan fingerprint density at radius 1 is 1.00 bits per heavy atom. The summed E-state index contributed by atoms with van der Waals surface area (Å²) in [6.45, 7) is 5.71. The van der Waals surface area contributed by atoms with E-state index in [-0.39, 0.29) is 24.3 Å². The van der Waals surface area contributed by atoms with Crippen LogP contribution < -0.4 is 5.32 Å². The summed E-state index contributed by atoms with van der Waals surface area (Å²) in [5, 5.41) is 3.12. The van der Waals surface area contributed by atoms with Crippen LogP contribution in [0.5, 0.6) is 0 Å². The second-order valence-corrected chi connectivity index (χ2v) is 6.80. The maximum absolute atomic E-state index is 12.9. The number of rotatable bonds is 5. The summed E-state index contributed by atoms with van der Waals surface area (Å²) in [6.07, 6.45) is 5.64. The molecule has 1 atom stereocenters. The van der Waals surface area contributed by atoms with Crippen LogP contribution in [0.2, 0.25) is 0 Å². The minimum absolute atomic E-state index is 0.0678. The third-order valence-electron chi connectivity index (χ3n) is 5.11. The Bertz CT molecular complexity index is 863. The van der Waals surface area contributed by atoms with Crippen molar-refractivity contribution in [1.29, 1.82) is 0 Å². The molecule has 1 heterocycles. The van der Waals surface area contributed by atoms with Gasteiger partial charge in [-0.3, -0.25) is 9.59 Å². The van der Waals surface area contributed by atoms with Crippen LogP contribution >= 0.6 is 0 Å². The van der Waals surface area contributed by atoms with Gasteiger partial charge < -0.3 is 10.2 Å². The summed E-state index contributed by atoms with van der Waals surface area (Å²) in [5.74, 6) is -0.145. The molecular formula is C23H26N2O2. The number of anilines is 1. The van der Waals surface area contributed by atoms with Crippen molar-refractivity contribution in [2.45, 2.75) is 46.1 Å². The van der Waals surface area contributed by atoms with Crippen LogP contribution in [0, 0.1) is 0 Å². The minimum Gasteiger partial charge on any atom is -0.326 e. The van der Waals surface area contributed by atoms with Crippen LogP contribution in [0.25, 0.3) is 6.08 Å². The number of aryl methyl sites for hydroxylation is 2. The molecule has 4 heteroatoms. The molecule has 2 aromatic carbocycles. The van der Waals surface area contributed by atoms with E-state index in [0.717, 1.165) is 40.8 Å². The number of amides is 2. The van der Waals surface area contributed by atoms with Gasteiger partial charge in [-0.2, -0.15) is 0 Å². The lowest BCUT2D eigenvalue weighted by Gasteiger charge is -2.32. The van der Waals surface area contributed by atoms with Gasteiger partial charge in [0.25, 0.3) is 0 Å². The summed E-state index contributed by atoms with van der Waals surface area (Å²) in [7, 11) is 0. The molecular weight excluding hydrogens is 336 g/mol. The molecule has 2 amide bonds. The highest BCUT2D eigenvalue weighted by atomic mass is 16.2. The van der Waals surface area contributed by atoms with Crippen LogP contribution in [-0.2, 0) is 22.4 Å². The summed E-state index contributed by atoms with van der Waals surface area (Å²) >= 11 is 0. The van der Waals surface area contributed by atoms with Crippen molar-refractivity contribution in [2.24, 2.45) is 0 Å². The summed E-state index contributed by atoms with van der Waals surface area (Å²) in [4.78, 5) is 26.7. The molecule has 27 heavy (non-hydrogen) atoms. The number of para-hydroxylation sites is 1. The predicted octanol–water partition coefficient (Wildman–Crippen LogP) is 4.71. The highest BCUT2D eigenvalue weighted by molar-refractivity contribution is 5.93. The van der Waals surface area contributed by atoms with E-state index in [4.69, 9.17) is 0 Å². The maximum atomic E-state index is 12.9. The second kappa shape index (κ2) is 8.21. The van der Waals surface area contributed by atoms with Gasteiger partial charge in [0.2, 0.25) is 11.8 Å². The number of fused-ring (bicyclic) bond motifs is 1. The van der Waals surface area contributed by atoms with Crippen molar-refractivity contribution in [2.75, 3.05) is 5.32 Å². The fourth-order valence-electron chi connectivity index (χ4n) is 3.68. The average molecular weight is 362 g/mol. The van der Waals surface area contributed by atoms with Crippen LogP contribution in [-0.4, -0.2) is 16.7 Å². The van der Waals surface area contributed by atoms with Gasteiger partial charge in [0.15, 0.2) is 0 Å². The van der Waals surface area contributed by atoms with Gasteiger partial charge in [-0.1, -0.05) is 56.3 Å². The number of hydrogen-bond acceptors (Lipinski definition) is 2. The first kappa shape index (κ1) is 18.9. The Morgan fingerprint density at radius 2 is 1.67 bits per heavy atom. The highest BCUT2D eigenvalue weighted by Gasteiger charge is 2.28. The fourth-order valence-corrected chi connectivity index (χ4v) is 3.68. The summed E-state index contributed by atoms with van der Waals surface area (Å²) in [5.41, 5.74) is 5.24. The lowest BCUT2D eigenvalue weighted by Crippen LogP contribution is -2.33. The van der Waals surface area contributed by atoms with Crippen molar-refractivity contribution in [3.63, 3.8) is 0 Å². The van der Waals surface area contributed by atoms with Crippen molar-refractivity contribution in [1.82, 2.24) is 4.90 Å². The van der Waals surface area contributed by atoms with E-state index in [2.05, 4.69) is 31.3 Å². The molecule has 3 rings (SSSR count). The SMILES string of the molecule is CCc1cccc(CC)c1NC(=O)CC1c2ccccc2C=CN1C(C)=O. The topological polar surface area (TPSA) is 49.4 Å². The molecule has 2 aromatic rings. The summed E-state index contributed by atoms with van der Waals surface area (Å²) < 4.78 is 0. The monoisotopic (exact) mass is 362 g/mol. The number of carbonyl (C=O) groups excluding carboxylic acids is 2. The lowest BCUT2D eigenvalue weighted by molar-refractivity contribution is -0.129. The molecule has 0 aromatic heterocycles. The fraction of sp³-hybridized carbons (Fsp3) is 0.304. The van der Waals surface area contributed by atoms with Crippen LogP contribution in [0.3, 0.4) is 0 Å². The second-order valence-electron chi connectivity index (χ2n) is 6.80. The number of nitrogens with one attached hydrogen (secondary N) is 1. The van der Waals surface area contributed by atoms with Crippen molar-refractivity contribution < 1.29 is 9.59 Å². The molecule has 0 saturated carbocycles. The van der Waals surface area contributed by atoms with E-state index in [1.54, 1.807) is 11.1 Å². The first-order chi connectivity index (χ1) is 13.0. The highest BCUT2D eigenvalue weighted by Crippen LogP contribution is 2.33. The number of nitrogens with zero attached hydrogens (tertiary/aromatic N) is 1. The third kappa shape index (κ3) is 3.95. The largest absolute Gasteiger partial charge is 0.326 e. The van der Waals surface area contributed by atoms with Crippen LogP contribution in [0.4, 0.5) is 5.69 Å². The van der Waals surface area contributed by atoms with Crippen molar-refractivity contribution in [3.05, 3.63) is 70.9 Å². The molecule has 0 aliphatic carbocycles. The number of benzene rings is 2. The molecule has 1 aliphatic rings. The van der Waals surface area contributed by atoms with E-state index < -0.39 is 0 Å². The number of hydrogen-bond donors (Lipinski definition) is 1. The Balaban J connectivity index is 1.87. The predicted molar refractivity (Wildman–Crippen MR) is 109 cm³/mol. The molecule has 0 fully saturated rings. The van der Waals surface area contributed by atoms with Gasteiger partial charge in [0, 0.05) is 18.8 Å². The van der Waals surface area contributed by atoms with Gasteiger partial charge in [-0.25, -0.2) is 0 Å². The van der Waals surface area contributed by atoms with Crippen LogP contribution in [0.15, 0.2) is 48.7 Å². The van der Waals surface area contributed by atoms with Gasteiger partial charge in [-0.05, 0) is 41.2 Å². The molecule has 140 valence electrons. The average Bonchev–Trinajstić information content (AvgIpc) is 2.68. The van der Waals surface area contributed by atoms with E-state index in [1.165, 1.54) is 6.92 Å². The molecule has 1 unspecified atom stereocenters. The van der Waals surface area contributed by atoms with Crippen molar-refractivity contribution in [3.8, 4) is 0 Å². The molecule has 1 aliphatic heterocycles. The van der Waals surface area contributed by atoms with Gasteiger partial charge in [-0.15, -0.1) is 0 Å². The number of carbonyl (C=O) groups is 2. The molecule has 0 radical (unpaired) electrons.